The topological polar surface area (TPSA) is 69.3 Å². The van der Waals surface area contributed by atoms with Gasteiger partial charge in [-0.25, -0.2) is 0 Å². The van der Waals surface area contributed by atoms with E-state index in [0.717, 1.165) is 16.9 Å². The van der Waals surface area contributed by atoms with Gasteiger partial charge < -0.3 is 19.1 Å². The highest BCUT2D eigenvalue weighted by Crippen LogP contribution is 2.26. The van der Waals surface area contributed by atoms with E-state index in [1.165, 1.54) is 0 Å². The minimum Gasteiger partial charge on any atom is -0.497 e. The fraction of sp³-hybridized carbons (Fsp3) is 0.130. The lowest BCUT2D eigenvalue weighted by atomic mass is 10.0. The van der Waals surface area contributed by atoms with E-state index in [9.17, 15) is 4.79 Å². The number of anilines is 1. The molecule has 0 aliphatic rings. The van der Waals surface area contributed by atoms with Crippen LogP contribution in [0.1, 0.15) is 18.0 Å². The summed E-state index contributed by atoms with van der Waals surface area (Å²) in [5, 5.41) is 6.72. The summed E-state index contributed by atoms with van der Waals surface area (Å²) >= 11 is 0. The molecule has 2 aromatic heterocycles. The predicted octanol–water partition coefficient (Wildman–Crippen LogP) is 4.77. The Morgan fingerprint density at radius 2 is 1.90 bits per heavy atom. The number of aromatic nitrogens is 2. The smallest absolute Gasteiger partial charge is 0.226 e. The highest BCUT2D eigenvalue weighted by Gasteiger charge is 2.18. The summed E-state index contributed by atoms with van der Waals surface area (Å²) in [5.74, 6) is 1.37. The maximum Gasteiger partial charge on any atom is 0.226 e. The van der Waals surface area contributed by atoms with Crippen LogP contribution in [0.15, 0.2) is 89.8 Å². The molecule has 1 amide bonds. The number of nitrogens with one attached hydrogen (secondary N) is 1. The van der Waals surface area contributed by atoms with Gasteiger partial charge in [0.2, 0.25) is 5.91 Å². The maximum absolute atomic E-state index is 12.8. The van der Waals surface area contributed by atoms with Crippen LogP contribution in [0.25, 0.3) is 11.3 Å². The first kappa shape index (κ1) is 18.6. The molecule has 6 heteroatoms. The van der Waals surface area contributed by atoms with E-state index in [1.807, 2.05) is 77.6 Å². The van der Waals surface area contributed by atoms with Crippen LogP contribution in [0.5, 0.6) is 5.75 Å². The Morgan fingerprint density at radius 1 is 1.10 bits per heavy atom. The third-order valence-electron chi connectivity index (χ3n) is 4.74. The summed E-state index contributed by atoms with van der Waals surface area (Å²) in [4.78, 5) is 12.8. The van der Waals surface area contributed by atoms with Crippen molar-refractivity contribution in [3.05, 3.63) is 90.9 Å². The Kier molecular flexibility index (Phi) is 5.42. The van der Waals surface area contributed by atoms with E-state index < -0.39 is 0 Å². The molecule has 2 aromatic carbocycles. The number of nitrogens with zero attached hydrogens (tertiary/aromatic N) is 2. The minimum atomic E-state index is -0.117. The van der Waals surface area contributed by atoms with Crippen molar-refractivity contribution < 1.29 is 14.1 Å². The molecule has 6 nitrogen and oxygen atoms in total. The van der Waals surface area contributed by atoms with E-state index in [0.29, 0.717) is 17.9 Å². The average molecular weight is 387 g/mol. The van der Waals surface area contributed by atoms with E-state index in [4.69, 9.17) is 9.26 Å². The molecule has 4 rings (SSSR count). The number of carbonyl (C=O) groups is 1. The molecule has 1 N–H and O–H groups in total. The van der Waals surface area contributed by atoms with Crippen molar-refractivity contribution in [1.29, 1.82) is 0 Å². The first-order chi connectivity index (χ1) is 14.2. The van der Waals surface area contributed by atoms with Crippen LogP contribution < -0.4 is 10.1 Å². The molecule has 0 fully saturated rings. The molecule has 0 radical (unpaired) electrons. The lowest BCUT2D eigenvalue weighted by Gasteiger charge is -2.20. The predicted molar refractivity (Wildman–Crippen MR) is 111 cm³/mol. The van der Waals surface area contributed by atoms with Gasteiger partial charge in [0.05, 0.1) is 25.8 Å². The molecule has 1 atom stereocenters. The number of hydrogen-bond donors (Lipinski definition) is 1. The number of methoxy groups -OCH3 is 1. The van der Waals surface area contributed by atoms with E-state index in [2.05, 4.69) is 10.5 Å². The van der Waals surface area contributed by atoms with Crippen molar-refractivity contribution in [1.82, 2.24) is 9.72 Å². The Balaban J connectivity index is 1.52. The highest BCUT2D eigenvalue weighted by atomic mass is 16.5. The van der Waals surface area contributed by atoms with Crippen molar-refractivity contribution in [2.75, 3.05) is 12.4 Å². The van der Waals surface area contributed by atoms with Crippen LogP contribution in [-0.4, -0.2) is 22.7 Å². The number of carbonyl (C=O) groups excluding carboxylic acids is 1. The van der Waals surface area contributed by atoms with Gasteiger partial charge >= 0.3 is 0 Å². The van der Waals surface area contributed by atoms with E-state index in [1.54, 1.807) is 19.4 Å². The molecule has 29 heavy (non-hydrogen) atoms. The van der Waals surface area contributed by atoms with Gasteiger partial charge in [-0.2, -0.15) is 0 Å². The Hall–Kier alpha value is -3.80. The van der Waals surface area contributed by atoms with Crippen molar-refractivity contribution in [2.24, 2.45) is 0 Å². The fourth-order valence-corrected chi connectivity index (χ4v) is 3.28. The molecule has 0 saturated heterocycles. The van der Waals surface area contributed by atoms with Gasteiger partial charge in [0, 0.05) is 29.7 Å². The summed E-state index contributed by atoms with van der Waals surface area (Å²) < 4.78 is 12.5. The second-order valence-corrected chi connectivity index (χ2v) is 6.63. The third kappa shape index (κ3) is 4.38. The molecule has 2 heterocycles. The monoisotopic (exact) mass is 387 g/mol. The van der Waals surface area contributed by atoms with Crippen LogP contribution in [0.2, 0.25) is 0 Å². The Labute approximate surface area is 168 Å². The number of hydrogen-bond acceptors (Lipinski definition) is 4. The highest BCUT2D eigenvalue weighted by molar-refractivity contribution is 5.91. The largest absolute Gasteiger partial charge is 0.497 e. The van der Waals surface area contributed by atoms with Crippen LogP contribution in [-0.2, 0) is 4.79 Å². The van der Waals surface area contributed by atoms with Gasteiger partial charge in [0.15, 0.2) is 5.76 Å². The standard InChI is InChI=1S/C23H21N3O3/c1-28-20-9-7-17(8-10-20)21(26-13-2-3-14-26)16-23(27)25-19-6-4-5-18(15-19)22-11-12-24-29-22/h2-15,21H,16H2,1H3,(H,25,27)/t21-/m0/s1. The Bertz CT molecular complexity index is 1060. The molecule has 146 valence electrons. The molecule has 0 spiro atoms. The number of benzene rings is 2. The van der Waals surface area contributed by atoms with Crippen LogP contribution in [0, 0.1) is 0 Å². The normalized spacial score (nSPS) is 11.8. The average Bonchev–Trinajstić information content (AvgIpc) is 3.47. The van der Waals surface area contributed by atoms with Crippen LogP contribution in [0.3, 0.4) is 0 Å². The van der Waals surface area contributed by atoms with Gasteiger partial charge in [-0.3, -0.25) is 4.79 Å². The number of ether oxygens (including phenoxy) is 1. The summed E-state index contributed by atoms with van der Waals surface area (Å²) in [6, 6.07) is 20.9. The van der Waals surface area contributed by atoms with Gasteiger partial charge in [-0.1, -0.05) is 29.4 Å². The number of amides is 1. The van der Waals surface area contributed by atoms with E-state index in [-0.39, 0.29) is 11.9 Å². The molecule has 0 bridgehead atoms. The zero-order valence-electron chi connectivity index (χ0n) is 16.0. The molecule has 0 unspecified atom stereocenters. The fourth-order valence-electron chi connectivity index (χ4n) is 3.28. The molecule has 0 aliphatic carbocycles. The lowest BCUT2D eigenvalue weighted by molar-refractivity contribution is -0.116. The second kappa shape index (κ2) is 8.48. The molecule has 0 aliphatic heterocycles. The summed E-state index contributed by atoms with van der Waals surface area (Å²) in [6.07, 6.45) is 5.82. The van der Waals surface area contributed by atoms with Crippen molar-refractivity contribution in [3.8, 4) is 17.1 Å². The third-order valence-corrected chi connectivity index (χ3v) is 4.74. The van der Waals surface area contributed by atoms with Crippen molar-refractivity contribution >= 4 is 11.6 Å². The molecule has 0 saturated carbocycles. The zero-order chi connectivity index (χ0) is 20.1. The SMILES string of the molecule is COc1ccc([C@H](CC(=O)Nc2cccc(-c3ccno3)c2)n2cccc2)cc1. The summed E-state index contributed by atoms with van der Waals surface area (Å²) in [5.41, 5.74) is 2.61. The van der Waals surface area contributed by atoms with Crippen LogP contribution in [0.4, 0.5) is 5.69 Å². The first-order valence-electron chi connectivity index (χ1n) is 9.30. The van der Waals surface area contributed by atoms with Gasteiger partial charge in [0.25, 0.3) is 0 Å². The van der Waals surface area contributed by atoms with Crippen LogP contribution >= 0.6 is 0 Å². The van der Waals surface area contributed by atoms with Gasteiger partial charge in [0.1, 0.15) is 5.75 Å². The van der Waals surface area contributed by atoms with Gasteiger partial charge in [-0.15, -0.1) is 0 Å². The molecular weight excluding hydrogens is 366 g/mol. The summed E-state index contributed by atoms with van der Waals surface area (Å²) in [6.45, 7) is 0. The second-order valence-electron chi connectivity index (χ2n) is 6.63. The van der Waals surface area contributed by atoms with Crippen molar-refractivity contribution in [2.45, 2.75) is 12.5 Å². The lowest BCUT2D eigenvalue weighted by Crippen LogP contribution is -2.19. The summed E-state index contributed by atoms with van der Waals surface area (Å²) in [7, 11) is 1.64. The first-order valence-corrected chi connectivity index (χ1v) is 9.30. The minimum absolute atomic E-state index is 0.0748. The number of rotatable bonds is 7. The quantitative estimate of drug-likeness (QED) is 0.496. The zero-order valence-corrected chi connectivity index (χ0v) is 16.0. The maximum atomic E-state index is 12.8. The Morgan fingerprint density at radius 3 is 2.59 bits per heavy atom. The van der Waals surface area contributed by atoms with E-state index >= 15 is 0 Å². The molecular formula is C23H21N3O3. The molecule has 4 aromatic rings. The van der Waals surface area contributed by atoms with Gasteiger partial charge in [-0.05, 0) is 42.0 Å². The van der Waals surface area contributed by atoms with Crippen molar-refractivity contribution in [3.63, 3.8) is 0 Å².